The van der Waals surface area contributed by atoms with Crippen LogP contribution in [-0.4, -0.2) is 33.9 Å². The van der Waals surface area contributed by atoms with Crippen molar-refractivity contribution in [3.05, 3.63) is 77.6 Å². The Balaban J connectivity index is 1.71. The van der Waals surface area contributed by atoms with Crippen LogP contribution < -0.4 is 14.8 Å². The van der Waals surface area contributed by atoms with Gasteiger partial charge in [0.2, 0.25) is 5.91 Å². The number of rotatable bonds is 8. The molecule has 0 fully saturated rings. The van der Waals surface area contributed by atoms with E-state index < -0.39 is 11.9 Å². The fraction of sp³-hybridized carbons (Fsp3) is 0.136. The molecule has 0 saturated carbocycles. The first-order chi connectivity index (χ1) is 14.5. The summed E-state index contributed by atoms with van der Waals surface area (Å²) in [6.45, 7) is 0.312. The summed E-state index contributed by atoms with van der Waals surface area (Å²) in [5, 5.41) is 15.9. The number of ether oxygens (including phenoxy) is 2. The number of aromatic nitrogens is 2. The number of methoxy groups -OCH3 is 1. The van der Waals surface area contributed by atoms with Gasteiger partial charge in [-0.1, -0.05) is 18.2 Å². The van der Waals surface area contributed by atoms with Crippen LogP contribution in [0.4, 0.5) is 5.69 Å². The summed E-state index contributed by atoms with van der Waals surface area (Å²) in [6, 6.07) is 13.4. The summed E-state index contributed by atoms with van der Waals surface area (Å²) in [4.78, 5) is 23.5. The molecule has 8 heteroatoms. The van der Waals surface area contributed by atoms with Gasteiger partial charge in [0.15, 0.2) is 11.5 Å². The van der Waals surface area contributed by atoms with Gasteiger partial charge in [-0.25, -0.2) is 4.79 Å². The first-order valence-corrected chi connectivity index (χ1v) is 9.07. The standard InChI is InChI=1S/C22H21N3O5/c1-25-16(11-12-23-25)14-30-20-13-15(7-9-19(20)29-2)8-10-21(26)24-18-6-4-3-5-17(18)22(27)28/h3-13H,14H2,1-2H3,(H,24,26)(H,27,28). The van der Waals surface area contributed by atoms with Crippen LogP contribution in [0.2, 0.25) is 0 Å². The largest absolute Gasteiger partial charge is 0.493 e. The smallest absolute Gasteiger partial charge is 0.337 e. The van der Waals surface area contributed by atoms with Crippen LogP contribution in [-0.2, 0) is 18.4 Å². The van der Waals surface area contributed by atoms with Crippen molar-refractivity contribution in [2.45, 2.75) is 6.61 Å². The van der Waals surface area contributed by atoms with Crippen molar-refractivity contribution in [3.8, 4) is 11.5 Å². The van der Waals surface area contributed by atoms with Crippen molar-refractivity contribution in [1.29, 1.82) is 0 Å². The third kappa shape index (κ3) is 5.05. The van der Waals surface area contributed by atoms with Gasteiger partial charge in [-0.3, -0.25) is 9.48 Å². The van der Waals surface area contributed by atoms with E-state index in [9.17, 15) is 14.7 Å². The Bertz CT molecular complexity index is 1090. The Morgan fingerprint density at radius 3 is 2.67 bits per heavy atom. The molecule has 2 aromatic carbocycles. The molecule has 0 aliphatic rings. The predicted molar refractivity (Wildman–Crippen MR) is 112 cm³/mol. The first kappa shape index (κ1) is 20.7. The molecular formula is C22H21N3O5. The number of nitrogens with one attached hydrogen (secondary N) is 1. The monoisotopic (exact) mass is 407 g/mol. The van der Waals surface area contributed by atoms with E-state index in [2.05, 4.69) is 10.4 Å². The number of carbonyl (C=O) groups is 2. The molecule has 1 aromatic heterocycles. The molecule has 1 amide bonds. The molecule has 0 saturated heterocycles. The molecule has 0 spiro atoms. The van der Waals surface area contributed by atoms with Crippen molar-refractivity contribution >= 4 is 23.6 Å². The number of carboxylic acids is 1. The van der Waals surface area contributed by atoms with E-state index in [1.165, 1.54) is 18.2 Å². The molecule has 0 radical (unpaired) electrons. The van der Waals surface area contributed by atoms with Crippen LogP contribution in [0.1, 0.15) is 21.6 Å². The Hall–Kier alpha value is -4.07. The lowest BCUT2D eigenvalue weighted by Crippen LogP contribution is -2.11. The van der Waals surface area contributed by atoms with E-state index in [1.807, 2.05) is 13.1 Å². The molecule has 30 heavy (non-hydrogen) atoms. The fourth-order valence-corrected chi connectivity index (χ4v) is 2.73. The van der Waals surface area contributed by atoms with Crippen LogP contribution in [0, 0.1) is 0 Å². The van der Waals surface area contributed by atoms with Gasteiger partial charge in [0.1, 0.15) is 6.61 Å². The van der Waals surface area contributed by atoms with E-state index in [0.717, 1.165) is 11.3 Å². The minimum Gasteiger partial charge on any atom is -0.493 e. The second-order valence-corrected chi connectivity index (χ2v) is 6.32. The highest BCUT2D eigenvalue weighted by atomic mass is 16.5. The van der Waals surface area contributed by atoms with E-state index in [-0.39, 0.29) is 11.3 Å². The average Bonchev–Trinajstić information content (AvgIpc) is 3.15. The number of hydrogen-bond acceptors (Lipinski definition) is 5. The van der Waals surface area contributed by atoms with Crippen LogP contribution in [0.5, 0.6) is 11.5 Å². The quantitative estimate of drug-likeness (QED) is 0.555. The molecular weight excluding hydrogens is 386 g/mol. The zero-order valence-corrected chi connectivity index (χ0v) is 16.5. The van der Waals surface area contributed by atoms with E-state index in [1.54, 1.807) is 54.4 Å². The van der Waals surface area contributed by atoms with Gasteiger partial charge in [-0.05, 0) is 42.0 Å². The van der Waals surface area contributed by atoms with Crippen molar-refractivity contribution < 1.29 is 24.2 Å². The number of amides is 1. The number of benzene rings is 2. The molecule has 0 aliphatic carbocycles. The molecule has 0 aliphatic heterocycles. The second kappa shape index (κ2) is 9.42. The lowest BCUT2D eigenvalue weighted by Gasteiger charge is -2.11. The Kier molecular flexibility index (Phi) is 6.49. The molecule has 0 atom stereocenters. The lowest BCUT2D eigenvalue weighted by molar-refractivity contribution is -0.111. The van der Waals surface area contributed by atoms with Crippen molar-refractivity contribution in [2.75, 3.05) is 12.4 Å². The number of para-hydroxylation sites is 1. The van der Waals surface area contributed by atoms with E-state index >= 15 is 0 Å². The topological polar surface area (TPSA) is 103 Å². The number of hydrogen-bond donors (Lipinski definition) is 2. The zero-order valence-electron chi connectivity index (χ0n) is 16.5. The zero-order chi connectivity index (χ0) is 21.5. The minimum absolute atomic E-state index is 0.0227. The highest BCUT2D eigenvalue weighted by Gasteiger charge is 2.11. The molecule has 3 rings (SSSR count). The van der Waals surface area contributed by atoms with Gasteiger partial charge in [0.05, 0.1) is 24.1 Å². The summed E-state index contributed by atoms with van der Waals surface area (Å²) in [6.07, 6.45) is 4.62. The Morgan fingerprint density at radius 2 is 1.97 bits per heavy atom. The molecule has 0 unspecified atom stereocenters. The molecule has 1 heterocycles. The van der Waals surface area contributed by atoms with Crippen LogP contribution >= 0.6 is 0 Å². The predicted octanol–water partition coefficient (Wildman–Crippen LogP) is 3.36. The third-order valence-electron chi connectivity index (χ3n) is 4.33. The minimum atomic E-state index is -1.11. The molecule has 3 aromatic rings. The van der Waals surface area contributed by atoms with Gasteiger partial charge in [-0.15, -0.1) is 0 Å². The highest BCUT2D eigenvalue weighted by molar-refractivity contribution is 6.06. The normalized spacial score (nSPS) is 10.7. The van der Waals surface area contributed by atoms with Crippen molar-refractivity contribution in [2.24, 2.45) is 7.05 Å². The molecule has 154 valence electrons. The molecule has 8 nitrogen and oxygen atoms in total. The van der Waals surface area contributed by atoms with E-state index in [0.29, 0.717) is 18.1 Å². The van der Waals surface area contributed by atoms with Gasteiger partial charge in [0.25, 0.3) is 0 Å². The Labute approximate surface area is 173 Å². The maximum absolute atomic E-state index is 12.2. The molecule has 2 N–H and O–H groups in total. The van der Waals surface area contributed by atoms with Crippen LogP contribution in [0.25, 0.3) is 6.08 Å². The first-order valence-electron chi connectivity index (χ1n) is 9.07. The number of aromatic carboxylic acids is 1. The third-order valence-corrected chi connectivity index (χ3v) is 4.33. The SMILES string of the molecule is COc1ccc(C=CC(=O)Nc2ccccc2C(=O)O)cc1OCc1ccnn1C. The van der Waals surface area contributed by atoms with Gasteiger partial charge in [0, 0.05) is 19.3 Å². The summed E-state index contributed by atoms with van der Waals surface area (Å²) in [5.41, 5.74) is 1.87. The summed E-state index contributed by atoms with van der Waals surface area (Å²) >= 11 is 0. The van der Waals surface area contributed by atoms with Gasteiger partial charge >= 0.3 is 5.97 Å². The number of anilines is 1. The van der Waals surface area contributed by atoms with Crippen molar-refractivity contribution in [1.82, 2.24) is 9.78 Å². The van der Waals surface area contributed by atoms with E-state index in [4.69, 9.17) is 9.47 Å². The number of nitrogens with zero attached hydrogens (tertiary/aromatic N) is 2. The van der Waals surface area contributed by atoms with Gasteiger partial charge < -0.3 is 19.9 Å². The number of carboxylic acid groups (broad SMARTS) is 1. The average molecular weight is 407 g/mol. The number of aryl methyl sites for hydroxylation is 1. The maximum atomic E-state index is 12.2. The summed E-state index contributed by atoms with van der Waals surface area (Å²) in [5.74, 6) is -0.469. The number of carbonyl (C=O) groups excluding carboxylic acids is 1. The summed E-state index contributed by atoms with van der Waals surface area (Å²) in [7, 11) is 3.38. The van der Waals surface area contributed by atoms with Crippen LogP contribution in [0.15, 0.2) is 60.8 Å². The second-order valence-electron chi connectivity index (χ2n) is 6.32. The highest BCUT2D eigenvalue weighted by Crippen LogP contribution is 2.29. The molecule has 0 bridgehead atoms. The Morgan fingerprint density at radius 1 is 1.17 bits per heavy atom. The maximum Gasteiger partial charge on any atom is 0.337 e. The van der Waals surface area contributed by atoms with Crippen molar-refractivity contribution in [3.63, 3.8) is 0 Å². The lowest BCUT2D eigenvalue weighted by atomic mass is 10.1. The fourth-order valence-electron chi connectivity index (χ4n) is 2.73. The van der Waals surface area contributed by atoms with Crippen LogP contribution in [0.3, 0.4) is 0 Å². The van der Waals surface area contributed by atoms with Gasteiger partial charge in [-0.2, -0.15) is 5.10 Å². The summed E-state index contributed by atoms with van der Waals surface area (Å²) < 4.78 is 12.9.